The third-order valence-electron chi connectivity index (χ3n) is 2.76. The predicted octanol–water partition coefficient (Wildman–Crippen LogP) is 2.88. The standard InChI is InChI=1S/C12H23N3S/c1-5-7-10(3)15(4)12-14-9-11(16-12)8-13-6-2/h9-10,13H,5-8H2,1-4H3. The second kappa shape index (κ2) is 6.86. The molecule has 0 saturated heterocycles. The highest BCUT2D eigenvalue weighted by Crippen LogP contribution is 2.23. The van der Waals surface area contributed by atoms with E-state index in [2.05, 4.69) is 43.0 Å². The van der Waals surface area contributed by atoms with Gasteiger partial charge in [0, 0.05) is 30.7 Å². The van der Waals surface area contributed by atoms with Gasteiger partial charge in [-0.1, -0.05) is 20.3 Å². The Morgan fingerprint density at radius 3 is 2.88 bits per heavy atom. The van der Waals surface area contributed by atoms with Gasteiger partial charge in [0.2, 0.25) is 0 Å². The molecule has 1 unspecified atom stereocenters. The Labute approximate surface area is 103 Å². The van der Waals surface area contributed by atoms with Crippen molar-refractivity contribution in [1.82, 2.24) is 10.3 Å². The lowest BCUT2D eigenvalue weighted by Crippen LogP contribution is -2.28. The largest absolute Gasteiger partial charge is 0.348 e. The Hall–Kier alpha value is -0.610. The van der Waals surface area contributed by atoms with Gasteiger partial charge in [-0.2, -0.15) is 0 Å². The van der Waals surface area contributed by atoms with Crippen LogP contribution in [0.2, 0.25) is 0 Å². The maximum atomic E-state index is 4.48. The van der Waals surface area contributed by atoms with Crippen LogP contribution >= 0.6 is 11.3 Å². The molecule has 0 aromatic carbocycles. The Morgan fingerprint density at radius 1 is 1.50 bits per heavy atom. The molecule has 1 aromatic heterocycles. The molecule has 0 saturated carbocycles. The third-order valence-corrected chi connectivity index (χ3v) is 3.85. The zero-order chi connectivity index (χ0) is 12.0. The van der Waals surface area contributed by atoms with E-state index in [0.29, 0.717) is 6.04 Å². The number of hydrogen-bond donors (Lipinski definition) is 1. The van der Waals surface area contributed by atoms with Crippen LogP contribution in [0.5, 0.6) is 0 Å². The normalized spacial score (nSPS) is 12.8. The molecule has 0 bridgehead atoms. The van der Waals surface area contributed by atoms with Crippen molar-refractivity contribution >= 4 is 16.5 Å². The van der Waals surface area contributed by atoms with E-state index >= 15 is 0 Å². The minimum absolute atomic E-state index is 0.572. The molecule has 1 N–H and O–H groups in total. The molecule has 1 rings (SSSR count). The van der Waals surface area contributed by atoms with Crippen molar-refractivity contribution in [2.45, 2.75) is 46.2 Å². The Bertz CT molecular complexity index is 298. The third kappa shape index (κ3) is 3.76. The molecule has 0 amide bonds. The van der Waals surface area contributed by atoms with E-state index in [1.165, 1.54) is 17.7 Å². The van der Waals surface area contributed by atoms with Crippen molar-refractivity contribution in [1.29, 1.82) is 0 Å². The lowest BCUT2D eigenvalue weighted by atomic mass is 10.2. The first-order chi connectivity index (χ1) is 7.69. The van der Waals surface area contributed by atoms with Crippen LogP contribution in [-0.4, -0.2) is 24.6 Å². The molecule has 4 heteroatoms. The van der Waals surface area contributed by atoms with Crippen LogP contribution in [0.25, 0.3) is 0 Å². The van der Waals surface area contributed by atoms with Crippen molar-refractivity contribution in [2.24, 2.45) is 0 Å². The van der Waals surface area contributed by atoms with Crippen LogP contribution in [0.3, 0.4) is 0 Å². The molecule has 1 atom stereocenters. The van der Waals surface area contributed by atoms with Gasteiger partial charge in [-0.3, -0.25) is 0 Å². The average molecular weight is 241 g/mol. The van der Waals surface area contributed by atoms with Crippen molar-refractivity contribution in [3.05, 3.63) is 11.1 Å². The monoisotopic (exact) mass is 241 g/mol. The van der Waals surface area contributed by atoms with E-state index in [9.17, 15) is 0 Å². The van der Waals surface area contributed by atoms with Gasteiger partial charge in [-0.25, -0.2) is 4.98 Å². The molecular formula is C12H23N3S. The molecule has 0 fully saturated rings. The number of aromatic nitrogens is 1. The number of hydrogen-bond acceptors (Lipinski definition) is 4. The Morgan fingerprint density at radius 2 is 2.25 bits per heavy atom. The van der Waals surface area contributed by atoms with Crippen LogP contribution in [0.15, 0.2) is 6.20 Å². The fourth-order valence-electron chi connectivity index (χ4n) is 1.59. The van der Waals surface area contributed by atoms with Gasteiger partial charge in [-0.05, 0) is 19.9 Å². The maximum Gasteiger partial charge on any atom is 0.185 e. The fourth-order valence-corrected chi connectivity index (χ4v) is 2.53. The van der Waals surface area contributed by atoms with Crippen molar-refractivity contribution in [2.75, 3.05) is 18.5 Å². The Kier molecular flexibility index (Phi) is 5.77. The van der Waals surface area contributed by atoms with E-state index in [0.717, 1.165) is 18.2 Å². The first-order valence-electron chi connectivity index (χ1n) is 6.07. The molecule has 0 aliphatic heterocycles. The first-order valence-corrected chi connectivity index (χ1v) is 6.88. The van der Waals surface area contributed by atoms with E-state index in [4.69, 9.17) is 0 Å². The topological polar surface area (TPSA) is 28.2 Å². The lowest BCUT2D eigenvalue weighted by molar-refractivity contribution is 0.615. The summed E-state index contributed by atoms with van der Waals surface area (Å²) in [6.45, 7) is 8.55. The predicted molar refractivity (Wildman–Crippen MR) is 72.3 cm³/mol. The summed E-state index contributed by atoms with van der Waals surface area (Å²) in [6.07, 6.45) is 4.43. The molecule has 1 heterocycles. The molecule has 0 aliphatic rings. The highest BCUT2D eigenvalue weighted by molar-refractivity contribution is 7.15. The lowest BCUT2D eigenvalue weighted by Gasteiger charge is -2.23. The Balaban J connectivity index is 2.55. The van der Waals surface area contributed by atoms with Gasteiger partial charge in [0.15, 0.2) is 5.13 Å². The zero-order valence-corrected chi connectivity index (χ0v) is 11.6. The van der Waals surface area contributed by atoms with Crippen molar-refractivity contribution in [3.63, 3.8) is 0 Å². The van der Waals surface area contributed by atoms with E-state index in [1.807, 2.05) is 6.20 Å². The second-order valence-electron chi connectivity index (χ2n) is 4.14. The molecule has 1 aromatic rings. The fraction of sp³-hybridized carbons (Fsp3) is 0.750. The number of thiazole rings is 1. The molecule has 0 radical (unpaired) electrons. The molecule has 16 heavy (non-hydrogen) atoms. The smallest absolute Gasteiger partial charge is 0.185 e. The summed E-state index contributed by atoms with van der Waals surface area (Å²) in [6, 6.07) is 0.572. The van der Waals surface area contributed by atoms with E-state index < -0.39 is 0 Å². The highest BCUT2D eigenvalue weighted by atomic mass is 32.1. The van der Waals surface area contributed by atoms with Crippen LogP contribution in [0.4, 0.5) is 5.13 Å². The van der Waals surface area contributed by atoms with Crippen LogP contribution in [-0.2, 0) is 6.54 Å². The zero-order valence-electron chi connectivity index (χ0n) is 10.8. The summed E-state index contributed by atoms with van der Waals surface area (Å²) in [5.74, 6) is 0. The summed E-state index contributed by atoms with van der Waals surface area (Å²) in [5.41, 5.74) is 0. The summed E-state index contributed by atoms with van der Waals surface area (Å²) in [7, 11) is 2.14. The minimum atomic E-state index is 0.572. The van der Waals surface area contributed by atoms with Crippen LogP contribution < -0.4 is 10.2 Å². The van der Waals surface area contributed by atoms with Crippen molar-refractivity contribution < 1.29 is 0 Å². The quantitative estimate of drug-likeness (QED) is 0.795. The van der Waals surface area contributed by atoms with Gasteiger partial charge in [0.25, 0.3) is 0 Å². The molecule has 92 valence electrons. The second-order valence-corrected chi connectivity index (χ2v) is 5.23. The first kappa shape index (κ1) is 13.5. The SMILES string of the molecule is CCCC(C)N(C)c1ncc(CNCC)s1. The number of nitrogens with one attached hydrogen (secondary N) is 1. The number of rotatable bonds is 7. The van der Waals surface area contributed by atoms with Gasteiger partial charge in [0.1, 0.15) is 0 Å². The van der Waals surface area contributed by atoms with Gasteiger partial charge in [0.05, 0.1) is 0 Å². The number of nitrogens with zero attached hydrogens (tertiary/aromatic N) is 2. The highest BCUT2D eigenvalue weighted by Gasteiger charge is 2.12. The molecule has 0 aliphatic carbocycles. The molecule has 3 nitrogen and oxygen atoms in total. The van der Waals surface area contributed by atoms with Gasteiger partial charge in [-0.15, -0.1) is 11.3 Å². The van der Waals surface area contributed by atoms with Crippen molar-refractivity contribution in [3.8, 4) is 0 Å². The summed E-state index contributed by atoms with van der Waals surface area (Å²) >= 11 is 1.79. The summed E-state index contributed by atoms with van der Waals surface area (Å²) < 4.78 is 0. The average Bonchev–Trinajstić information content (AvgIpc) is 2.74. The molecule has 0 spiro atoms. The van der Waals surface area contributed by atoms with Crippen LogP contribution in [0, 0.1) is 0 Å². The molecular weight excluding hydrogens is 218 g/mol. The maximum absolute atomic E-state index is 4.48. The minimum Gasteiger partial charge on any atom is -0.348 e. The van der Waals surface area contributed by atoms with E-state index in [-0.39, 0.29) is 0 Å². The van der Waals surface area contributed by atoms with Gasteiger partial charge >= 0.3 is 0 Å². The van der Waals surface area contributed by atoms with Crippen LogP contribution in [0.1, 0.15) is 38.5 Å². The van der Waals surface area contributed by atoms with Gasteiger partial charge < -0.3 is 10.2 Å². The number of anilines is 1. The summed E-state index contributed by atoms with van der Waals surface area (Å²) in [5, 5.41) is 4.46. The summed E-state index contributed by atoms with van der Waals surface area (Å²) in [4.78, 5) is 8.07. The van der Waals surface area contributed by atoms with E-state index in [1.54, 1.807) is 11.3 Å².